The molecule has 6 nitrogen and oxygen atoms in total. The Hall–Kier alpha value is -1.40. The second-order valence-corrected chi connectivity index (χ2v) is 7.04. The largest absolute Gasteiger partial charge is 0.443 e. The molecule has 0 aliphatic heterocycles. The van der Waals surface area contributed by atoms with Gasteiger partial charge in [-0.25, -0.2) is 9.59 Å². The van der Waals surface area contributed by atoms with E-state index in [9.17, 15) is 9.59 Å². The van der Waals surface area contributed by atoms with Crippen LogP contribution in [0.5, 0.6) is 0 Å². The van der Waals surface area contributed by atoms with Crippen molar-refractivity contribution in [3.05, 3.63) is 12.2 Å². The fourth-order valence-electron chi connectivity index (χ4n) is 2.47. The van der Waals surface area contributed by atoms with Crippen molar-refractivity contribution in [3.8, 4) is 0 Å². The maximum atomic E-state index is 12.0. The van der Waals surface area contributed by atoms with E-state index in [2.05, 4.69) is 13.8 Å². The lowest BCUT2D eigenvalue weighted by atomic mass is 10.2. The van der Waals surface area contributed by atoms with Crippen LogP contribution in [0.2, 0.25) is 0 Å². The van der Waals surface area contributed by atoms with Crippen LogP contribution in [0.25, 0.3) is 0 Å². The van der Waals surface area contributed by atoms with Crippen molar-refractivity contribution in [1.29, 1.82) is 0 Å². The first-order valence-corrected chi connectivity index (χ1v) is 9.73. The summed E-state index contributed by atoms with van der Waals surface area (Å²) >= 11 is 0. The molecule has 0 aromatic carbocycles. The number of hydrogen-bond acceptors (Lipinski definition) is 6. The lowest BCUT2D eigenvalue weighted by molar-refractivity contribution is -0.154. The van der Waals surface area contributed by atoms with Gasteiger partial charge >= 0.3 is 11.9 Å². The van der Waals surface area contributed by atoms with Gasteiger partial charge in [-0.3, -0.25) is 9.80 Å². The predicted octanol–water partition coefficient (Wildman–Crippen LogP) is 3.57. The molecular weight excluding hydrogens is 332 g/mol. The summed E-state index contributed by atoms with van der Waals surface area (Å²) in [4.78, 5) is 27.7. The van der Waals surface area contributed by atoms with Crippen LogP contribution in [-0.4, -0.2) is 62.4 Å². The summed E-state index contributed by atoms with van der Waals surface area (Å²) in [5.74, 6) is -1.05. The zero-order valence-electron chi connectivity index (χ0n) is 17.5. The SMILES string of the molecule is CCCCCC(OC(=O)/C=C\C(=O)OC(CCCCC)N(C)C)N(C)C. The summed E-state index contributed by atoms with van der Waals surface area (Å²) in [5, 5.41) is 0. The summed E-state index contributed by atoms with van der Waals surface area (Å²) < 4.78 is 10.8. The van der Waals surface area contributed by atoms with Gasteiger partial charge in [0.05, 0.1) is 0 Å². The first kappa shape index (κ1) is 24.6. The van der Waals surface area contributed by atoms with Crippen molar-refractivity contribution in [1.82, 2.24) is 9.80 Å². The van der Waals surface area contributed by atoms with E-state index in [1.165, 1.54) is 0 Å². The smallest absolute Gasteiger partial charge is 0.332 e. The molecule has 0 bridgehead atoms. The molecule has 0 saturated heterocycles. The average molecular weight is 371 g/mol. The molecular formula is C20H38N2O4. The molecule has 26 heavy (non-hydrogen) atoms. The van der Waals surface area contributed by atoms with Gasteiger partial charge in [-0.15, -0.1) is 0 Å². The number of carbonyl (C=O) groups is 2. The van der Waals surface area contributed by atoms with Crippen molar-refractivity contribution in [3.63, 3.8) is 0 Å². The van der Waals surface area contributed by atoms with Crippen molar-refractivity contribution < 1.29 is 19.1 Å². The molecule has 152 valence electrons. The van der Waals surface area contributed by atoms with E-state index in [-0.39, 0.29) is 12.5 Å². The van der Waals surface area contributed by atoms with E-state index in [0.717, 1.165) is 63.5 Å². The van der Waals surface area contributed by atoms with E-state index in [0.29, 0.717) is 0 Å². The summed E-state index contributed by atoms with van der Waals surface area (Å²) in [5.41, 5.74) is 0. The van der Waals surface area contributed by atoms with E-state index >= 15 is 0 Å². The van der Waals surface area contributed by atoms with Crippen LogP contribution in [-0.2, 0) is 19.1 Å². The standard InChI is InChI=1S/C20H38N2O4/c1-7-9-11-13-17(21(3)4)25-19(23)15-16-20(24)26-18(22(5)6)14-12-10-8-2/h15-18H,7-14H2,1-6H3/b16-15-. The maximum absolute atomic E-state index is 12.0. The topological polar surface area (TPSA) is 59.1 Å². The summed E-state index contributed by atoms with van der Waals surface area (Å²) in [6, 6.07) is 0. The molecule has 0 aliphatic rings. The number of unbranched alkanes of at least 4 members (excludes halogenated alkanes) is 4. The number of carbonyl (C=O) groups excluding carboxylic acids is 2. The van der Waals surface area contributed by atoms with Crippen LogP contribution >= 0.6 is 0 Å². The normalized spacial score (nSPS) is 14.0. The lowest BCUT2D eigenvalue weighted by Crippen LogP contribution is -2.33. The van der Waals surface area contributed by atoms with Gasteiger partial charge in [-0.2, -0.15) is 0 Å². The molecule has 0 amide bonds. The molecule has 0 aromatic rings. The second-order valence-electron chi connectivity index (χ2n) is 7.04. The molecule has 0 saturated carbocycles. The molecule has 0 spiro atoms. The minimum Gasteiger partial charge on any atom is -0.443 e. The highest BCUT2D eigenvalue weighted by Gasteiger charge is 2.17. The Kier molecular flexibility index (Phi) is 13.9. The van der Waals surface area contributed by atoms with Gasteiger partial charge in [0.15, 0.2) is 12.5 Å². The van der Waals surface area contributed by atoms with E-state index in [1.807, 2.05) is 38.0 Å². The number of hydrogen-bond donors (Lipinski definition) is 0. The highest BCUT2D eigenvalue weighted by Crippen LogP contribution is 2.11. The first-order valence-electron chi connectivity index (χ1n) is 9.73. The van der Waals surface area contributed by atoms with Crippen LogP contribution in [0, 0.1) is 0 Å². The Balaban J connectivity index is 4.46. The van der Waals surface area contributed by atoms with Crippen LogP contribution in [0.4, 0.5) is 0 Å². The average Bonchev–Trinajstić information content (AvgIpc) is 2.58. The van der Waals surface area contributed by atoms with Crippen molar-refractivity contribution >= 4 is 11.9 Å². The third-order valence-electron chi connectivity index (χ3n) is 4.12. The first-order chi connectivity index (χ1) is 12.3. The molecule has 2 unspecified atom stereocenters. The molecule has 0 N–H and O–H groups in total. The maximum Gasteiger partial charge on any atom is 0.332 e. The Labute approximate surface area is 159 Å². The van der Waals surface area contributed by atoms with Gasteiger partial charge in [0.1, 0.15) is 0 Å². The third-order valence-corrected chi connectivity index (χ3v) is 4.12. The van der Waals surface area contributed by atoms with Crippen LogP contribution in [0.1, 0.15) is 65.2 Å². The van der Waals surface area contributed by atoms with Gasteiger partial charge in [0, 0.05) is 12.2 Å². The van der Waals surface area contributed by atoms with E-state index < -0.39 is 11.9 Å². The zero-order valence-corrected chi connectivity index (χ0v) is 17.5. The molecule has 0 rings (SSSR count). The number of esters is 2. The molecule has 0 fully saturated rings. The second kappa shape index (κ2) is 14.7. The van der Waals surface area contributed by atoms with Crippen LogP contribution in [0.3, 0.4) is 0 Å². The molecule has 0 heterocycles. The third kappa shape index (κ3) is 12.0. The Morgan fingerprint density at radius 1 is 0.731 bits per heavy atom. The number of ether oxygens (including phenoxy) is 2. The Morgan fingerprint density at radius 2 is 1.08 bits per heavy atom. The van der Waals surface area contributed by atoms with E-state index in [4.69, 9.17) is 9.47 Å². The van der Waals surface area contributed by atoms with Crippen molar-refractivity contribution in [2.45, 2.75) is 77.7 Å². The highest BCUT2D eigenvalue weighted by molar-refractivity contribution is 5.91. The Bertz CT molecular complexity index is 384. The summed E-state index contributed by atoms with van der Waals surface area (Å²) in [7, 11) is 7.50. The number of rotatable bonds is 14. The van der Waals surface area contributed by atoms with Gasteiger partial charge < -0.3 is 9.47 Å². The quantitative estimate of drug-likeness (QED) is 0.202. The van der Waals surface area contributed by atoms with Gasteiger partial charge in [-0.05, 0) is 53.9 Å². The minimum atomic E-state index is -0.524. The zero-order chi connectivity index (χ0) is 19.9. The Morgan fingerprint density at radius 3 is 1.35 bits per heavy atom. The van der Waals surface area contributed by atoms with Gasteiger partial charge in [0.25, 0.3) is 0 Å². The molecule has 0 aliphatic carbocycles. The fourth-order valence-corrected chi connectivity index (χ4v) is 2.47. The van der Waals surface area contributed by atoms with E-state index in [1.54, 1.807) is 0 Å². The minimum absolute atomic E-state index is 0.279. The molecule has 6 heteroatoms. The summed E-state index contributed by atoms with van der Waals surface area (Å²) in [6.07, 6.45) is 9.75. The van der Waals surface area contributed by atoms with Gasteiger partial charge in [0.2, 0.25) is 0 Å². The van der Waals surface area contributed by atoms with Gasteiger partial charge in [-0.1, -0.05) is 39.5 Å². The predicted molar refractivity (Wildman–Crippen MR) is 105 cm³/mol. The fraction of sp³-hybridized carbons (Fsp3) is 0.800. The van der Waals surface area contributed by atoms with Crippen molar-refractivity contribution in [2.75, 3.05) is 28.2 Å². The highest BCUT2D eigenvalue weighted by atomic mass is 16.6. The molecule has 2 atom stereocenters. The number of nitrogens with zero attached hydrogens (tertiary/aromatic N) is 2. The molecule has 0 aromatic heterocycles. The monoisotopic (exact) mass is 370 g/mol. The molecule has 0 radical (unpaired) electrons. The van der Waals surface area contributed by atoms with Crippen LogP contribution in [0.15, 0.2) is 12.2 Å². The van der Waals surface area contributed by atoms with Crippen molar-refractivity contribution in [2.24, 2.45) is 0 Å². The van der Waals surface area contributed by atoms with Crippen LogP contribution < -0.4 is 0 Å². The lowest BCUT2D eigenvalue weighted by Gasteiger charge is -2.24. The summed E-state index contributed by atoms with van der Waals surface area (Å²) in [6.45, 7) is 4.27.